The monoisotopic (exact) mass is 251 g/mol. The second-order valence-corrected chi connectivity index (χ2v) is 5.94. The SMILES string of the molecule is Cc1nc2ccc(Cl)cn2c1C(N)C(C)(C)C. The van der Waals surface area contributed by atoms with Crippen molar-refractivity contribution in [3.8, 4) is 0 Å². The van der Waals surface area contributed by atoms with Crippen molar-refractivity contribution in [3.05, 3.63) is 34.7 Å². The van der Waals surface area contributed by atoms with Crippen LogP contribution in [0.4, 0.5) is 0 Å². The number of rotatable bonds is 1. The van der Waals surface area contributed by atoms with Gasteiger partial charge in [-0.1, -0.05) is 32.4 Å². The van der Waals surface area contributed by atoms with Gasteiger partial charge in [0.05, 0.1) is 22.5 Å². The van der Waals surface area contributed by atoms with E-state index in [-0.39, 0.29) is 11.5 Å². The van der Waals surface area contributed by atoms with Gasteiger partial charge < -0.3 is 10.1 Å². The predicted molar refractivity (Wildman–Crippen MR) is 71.3 cm³/mol. The fourth-order valence-electron chi connectivity index (χ4n) is 1.94. The van der Waals surface area contributed by atoms with E-state index in [4.69, 9.17) is 17.3 Å². The Labute approximate surface area is 107 Å². The van der Waals surface area contributed by atoms with E-state index in [0.717, 1.165) is 17.0 Å². The van der Waals surface area contributed by atoms with Gasteiger partial charge in [0.15, 0.2) is 0 Å². The number of aromatic nitrogens is 2. The molecule has 0 aliphatic carbocycles. The summed E-state index contributed by atoms with van der Waals surface area (Å²) in [5.41, 5.74) is 9.21. The number of fused-ring (bicyclic) bond motifs is 1. The minimum absolute atomic E-state index is 0.0109. The summed E-state index contributed by atoms with van der Waals surface area (Å²) in [7, 11) is 0. The number of halogens is 1. The smallest absolute Gasteiger partial charge is 0.137 e. The molecule has 92 valence electrons. The lowest BCUT2D eigenvalue weighted by atomic mass is 9.85. The minimum Gasteiger partial charge on any atom is -0.322 e. The summed E-state index contributed by atoms with van der Waals surface area (Å²) in [6.45, 7) is 8.37. The van der Waals surface area contributed by atoms with E-state index in [9.17, 15) is 0 Å². The third-order valence-electron chi connectivity index (χ3n) is 3.03. The van der Waals surface area contributed by atoms with Crippen molar-refractivity contribution in [2.45, 2.75) is 33.7 Å². The number of imidazole rings is 1. The summed E-state index contributed by atoms with van der Waals surface area (Å²) >= 11 is 6.03. The Hall–Kier alpha value is -1.06. The van der Waals surface area contributed by atoms with Crippen molar-refractivity contribution >= 4 is 17.2 Å². The molecule has 1 atom stereocenters. The molecule has 0 amide bonds. The summed E-state index contributed by atoms with van der Waals surface area (Å²) in [5.74, 6) is 0. The standard InChI is InChI=1S/C13H18ClN3/c1-8-11(12(15)13(2,3)4)17-7-9(14)5-6-10(17)16-8/h5-7,12H,15H2,1-4H3. The van der Waals surface area contributed by atoms with Gasteiger partial charge in [0.25, 0.3) is 0 Å². The Kier molecular flexibility index (Phi) is 2.92. The first kappa shape index (κ1) is 12.4. The summed E-state index contributed by atoms with van der Waals surface area (Å²) in [6, 6.07) is 3.68. The van der Waals surface area contributed by atoms with Crippen LogP contribution in [-0.2, 0) is 0 Å². The molecule has 2 heterocycles. The molecule has 0 saturated carbocycles. The quantitative estimate of drug-likeness (QED) is 0.845. The Morgan fingerprint density at radius 2 is 2.00 bits per heavy atom. The fraction of sp³-hybridized carbons (Fsp3) is 0.462. The zero-order chi connectivity index (χ0) is 12.8. The first-order valence-corrected chi connectivity index (χ1v) is 6.08. The average Bonchev–Trinajstić information content (AvgIpc) is 2.51. The third kappa shape index (κ3) is 2.17. The number of hydrogen-bond donors (Lipinski definition) is 1. The predicted octanol–water partition coefficient (Wildman–Crippen LogP) is 3.34. The second kappa shape index (κ2) is 4.00. The fourth-order valence-corrected chi connectivity index (χ4v) is 2.10. The number of nitrogens with zero attached hydrogens (tertiary/aromatic N) is 2. The number of hydrogen-bond acceptors (Lipinski definition) is 2. The summed E-state index contributed by atoms with van der Waals surface area (Å²) in [6.07, 6.45) is 1.87. The molecule has 2 aromatic rings. The van der Waals surface area contributed by atoms with Gasteiger partial charge in [-0.05, 0) is 24.5 Å². The zero-order valence-corrected chi connectivity index (χ0v) is 11.4. The highest BCUT2D eigenvalue weighted by atomic mass is 35.5. The highest BCUT2D eigenvalue weighted by Gasteiger charge is 2.27. The number of pyridine rings is 1. The van der Waals surface area contributed by atoms with Crippen LogP contribution in [0.15, 0.2) is 18.3 Å². The van der Waals surface area contributed by atoms with Crippen LogP contribution in [0.1, 0.15) is 38.2 Å². The van der Waals surface area contributed by atoms with E-state index in [1.807, 2.05) is 29.7 Å². The Bertz CT molecular complexity index is 552. The van der Waals surface area contributed by atoms with Crippen LogP contribution in [0.5, 0.6) is 0 Å². The van der Waals surface area contributed by atoms with Gasteiger partial charge in [-0.25, -0.2) is 4.98 Å². The maximum absolute atomic E-state index is 6.33. The van der Waals surface area contributed by atoms with Crippen LogP contribution in [0.25, 0.3) is 5.65 Å². The van der Waals surface area contributed by atoms with Gasteiger partial charge in [-0.2, -0.15) is 0 Å². The van der Waals surface area contributed by atoms with E-state index in [0.29, 0.717) is 5.02 Å². The molecular weight excluding hydrogens is 234 g/mol. The van der Waals surface area contributed by atoms with Gasteiger partial charge in [0.2, 0.25) is 0 Å². The van der Waals surface area contributed by atoms with Crippen molar-refractivity contribution < 1.29 is 0 Å². The summed E-state index contributed by atoms with van der Waals surface area (Å²) in [4.78, 5) is 4.51. The molecule has 0 saturated heterocycles. The Morgan fingerprint density at radius 3 is 2.59 bits per heavy atom. The van der Waals surface area contributed by atoms with Gasteiger partial charge in [0, 0.05) is 6.20 Å². The lowest BCUT2D eigenvalue weighted by Gasteiger charge is -2.27. The van der Waals surface area contributed by atoms with E-state index in [1.165, 1.54) is 0 Å². The molecule has 2 aromatic heterocycles. The van der Waals surface area contributed by atoms with E-state index in [1.54, 1.807) is 0 Å². The van der Waals surface area contributed by atoms with Crippen LogP contribution < -0.4 is 5.73 Å². The van der Waals surface area contributed by atoms with Gasteiger partial charge in [0.1, 0.15) is 5.65 Å². The largest absolute Gasteiger partial charge is 0.322 e. The normalized spacial score (nSPS) is 14.2. The Balaban J connectivity index is 2.68. The highest BCUT2D eigenvalue weighted by molar-refractivity contribution is 6.30. The van der Waals surface area contributed by atoms with E-state index in [2.05, 4.69) is 25.8 Å². The lowest BCUT2D eigenvalue weighted by molar-refractivity contribution is 0.319. The van der Waals surface area contributed by atoms with Crippen LogP contribution in [0, 0.1) is 12.3 Å². The molecule has 0 spiro atoms. The third-order valence-corrected chi connectivity index (χ3v) is 3.25. The van der Waals surface area contributed by atoms with Crippen molar-refractivity contribution in [1.29, 1.82) is 0 Å². The van der Waals surface area contributed by atoms with Gasteiger partial charge in [-0.3, -0.25) is 0 Å². The molecular formula is C13H18ClN3. The summed E-state index contributed by atoms with van der Waals surface area (Å²) < 4.78 is 1.99. The van der Waals surface area contributed by atoms with Crippen molar-refractivity contribution in [3.63, 3.8) is 0 Å². The average molecular weight is 252 g/mol. The Morgan fingerprint density at radius 1 is 1.35 bits per heavy atom. The van der Waals surface area contributed by atoms with E-state index >= 15 is 0 Å². The zero-order valence-electron chi connectivity index (χ0n) is 10.7. The number of nitrogens with two attached hydrogens (primary N) is 1. The van der Waals surface area contributed by atoms with Crippen LogP contribution >= 0.6 is 11.6 Å². The van der Waals surface area contributed by atoms with Crippen molar-refractivity contribution in [2.24, 2.45) is 11.1 Å². The molecule has 3 nitrogen and oxygen atoms in total. The molecule has 17 heavy (non-hydrogen) atoms. The molecule has 0 aliphatic heterocycles. The van der Waals surface area contributed by atoms with Gasteiger partial charge >= 0.3 is 0 Å². The molecule has 1 unspecified atom stereocenters. The lowest BCUT2D eigenvalue weighted by Crippen LogP contribution is -2.28. The molecule has 0 radical (unpaired) electrons. The van der Waals surface area contributed by atoms with Crippen molar-refractivity contribution in [2.75, 3.05) is 0 Å². The molecule has 0 aliphatic rings. The minimum atomic E-state index is -0.0732. The van der Waals surface area contributed by atoms with E-state index < -0.39 is 0 Å². The molecule has 4 heteroatoms. The maximum atomic E-state index is 6.33. The van der Waals surface area contributed by atoms with Crippen LogP contribution in [0.2, 0.25) is 5.02 Å². The first-order chi connectivity index (χ1) is 7.80. The molecule has 2 N–H and O–H groups in total. The molecule has 0 fully saturated rings. The van der Waals surface area contributed by atoms with Crippen LogP contribution in [0.3, 0.4) is 0 Å². The highest BCUT2D eigenvalue weighted by Crippen LogP contribution is 2.32. The van der Waals surface area contributed by atoms with Gasteiger partial charge in [-0.15, -0.1) is 0 Å². The van der Waals surface area contributed by atoms with Crippen molar-refractivity contribution in [1.82, 2.24) is 9.38 Å². The summed E-state index contributed by atoms with van der Waals surface area (Å²) in [5, 5.41) is 0.692. The number of aryl methyl sites for hydroxylation is 1. The topological polar surface area (TPSA) is 43.3 Å². The first-order valence-electron chi connectivity index (χ1n) is 5.70. The molecule has 2 rings (SSSR count). The maximum Gasteiger partial charge on any atom is 0.137 e. The molecule has 0 aromatic carbocycles. The van der Waals surface area contributed by atoms with Crippen LogP contribution in [-0.4, -0.2) is 9.38 Å². The molecule has 0 bridgehead atoms. The second-order valence-electron chi connectivity index (χ2n) is 5.50.